The van der Waals surface area contributed by atoms with Crippen molar-refractivity contribution in [2.45, 2.75) is 13.0 Å². The minimum Gasteiger partial charge on any atom is -0.371 e. The van der Waals surface area contributed by atoms with Crippen LogP contribution in [0.5, 0.6) is 0 Å². The quantitative estimate of drug-likeness (QED) is 0.675. The lowest BCUT2D eigenvalue weighted by molar-refractivity contribution is 0.651. The summed E-state index contributed by atoms with van der Waals surface area (Å²) < 4.78 is 3.17. The van der Waals surface area contributed by atoms with E-state index < -0.39 is 0 Å². The summed E-state index contributed by atoms with van der Waals surface area (Å²) in [5, 5.41) is 4.53. The fourth-order valence-electron chi connectivity index (χ4n) is 1.85. The molecular weight excluding hydrogens is 248 g/mol. The van der Waals surface area contributed by atoms with Crippen LogP contribution >= 0.6 is 24.0 Å². The Balaban J connectivity index is 1.89. The number of nitrogens with zero attached hydrogens (tertiary/aromatic N) is 1. The van der Waals surface area contributed by atoms with E-state index >= 15 is 0 Å². The predicted molar refractivity (Wildman–Crippen MR) is 80.7 cm³/mol. The van der Waals surface area contributed by atoms with Crippen LogP contribution in [-0.2, 0) is 6.54 Å². The van der Waals surface area contributed by atoms with Crippen LogP contribution in [0.1, 0.15) is 6.42 Å². The Morgan fingerprint density at radius 1 is 1.35 bits per heavy atom. The summed E-state index contributed by atoms with van der Waals surface area (Å²) in [6.45, 7) is 1.96. The summed E-state index contributed by atoms with van der Waals surface area (Å²) in [7, 11) is 0. The van der Waals surface area contributed by atoms with E-state index in [-0.39, 0.29) is 0 Å². The van der Waals surface area contributed by atoms with Gasteiger partial charge in [0.25, 0.3) is 0 Å². The number of aromatic nitrogens is 1. The maximum Gasteiger partial charge on any atom is 0.133 e. The molecule has 0 saturated heterocycles. The molecule has 0 bridgehead atoms. The van der Waals surface area contributed by atoms with Gasteiger partial charge in [-0.2, -0.15) is 0 Å². The van der Waals surface area contributed by atoms with Crippen molar-refractivity contribution in [2.24, 2.45) is 0 Å². The van der Waals surface area contributed by atoms with Crippen molar-refractivity contribution in [3.05, 3.63) is 36.5 Å². The summed E-state index contributed by atoms with van der Waals surface area (Å²) >= 11 is 6.68. The Hall–Kier alpha value is -1.00. The summed E-state index contributed by atoms with van der Waals surface area (Å²) in [5.41, 5.74) is 1.31. The fourth-order valence-corrected chi connectivity index (χ4v) is 2.20. The molecule has 2 nitrogen and oxygen atoms in total. The number of benzene rings is 1. The van der Waals surface area contributed by atoms with Gasteiger partial charge < -0.3 is 9.88 Å². The molecule has 17 heavy (non-hydrogen) atoms. The molecule has 0 amide bonds. The number of hydrogen-bond donors (Lipinski definition) is 1. The lowest BCUT2D eigenvalue weighted by Gasteiger charge is -2.07. The van der Waals surface area contributed by atoms with Gasteiger partial charge in [0, 0.05) is 24.8 Å². The number of para-hydroxylation sites is 1. The van der Waals surface area contributed by atoms with Gasteiger partial charge in [-0.1, -0.05) is 30.4 Å². The first-order valence-corrected chi connectivity index (χ1v) is 7.30. The third kappa shape index (κ3) is 3.23. The molecule has 0 saturated carbocycles. The van der Waals surface area contributed by atoms with Crippen LogP contribution in [0.2, 0.25) is 0 Å². The molecule has 90 valence electrons. The fraction of sp³-hybridized carbons (Fsp3) is 0.308. The highest BCUT2D eigenvalue weighted by molar-refractivity contribution is 8.22. The van der Waals surface area contributed by atoms with Crippen LogP contribution in [-0.4, -0.2) is 21.7 Å². The highest BCUT2D eigenvalue weighted by Gasteiger charge is 1.99. The number of nitrogens with one attached hydrogen (secondary N) is 1. The van der Waals surface area contributed by atoms with Crippen molar-refractivity contribution < 1.29 is 0 Å². The topological polar surface area (TPSA) is 17.0 Å². The summed E-state index contributed by atoms with van der Waals surface area (Å²) in [6, 6.07) is 10.6. The van der Waals surface area contributed by atoms with E-state index in [1.54, 1.807) is 11.8 Å². The average molecular weight is 264 g/mol. The number of thioether (sulfide) groups is 1. The zero-order valence-corrected chi connectivity index (χ0v) is 11.5. The third-order valence-electron chi connectivity index (χ3n) is 2.71. The van der Waals surface area contributed by atoms with Crippen LogP contribution < -0.4 is 5.32 Å². The second-order valence-electron chi connectivity index (χ2n) is 3.84. The third-order valence-corrected chi connectivity index (χ3v) is 3.87. The number of hydrogen-bond acceptors (Lipinski definition) is 2. The molecule has 2 aromatic rings. The van der Waals surface area contributed by atoms with E-state index in [4.69, 9.17) is 12.2 Å². The standard InChI is InChI=1S/C13H16N2S2/c1-17-13(16)14-8-4-9-15-10-7-11-5-2-3-6-12(11)15/h2-3,5-7,10H,4,8-9H2,1H3,(H,14,16). The molecule has 0 unspecified atom stereocenters. The molecule has 0 aliphatic heterocycles. The van der Waals surface area contributed by atoms with E-state index in [1.807, 2.05) is 6.26 Å². The number of aryl methyl sites for hydroxylation is 1. The first-order chi connectivity index (χ1) is 8.31. The van der Waals surface area contributed by atoms with Gasteiger partial charge in [0.2, 0.25) is 0 Å². The van der Waals surface area contributed by atoms with Crippen LogP contribution in [0.25, 0.3) is 10.9 Å². The largest absolute Gasteiger partial charge is 0.371 e. The number of thiocarbonyl (C=S) groups is 1. The second kappa shape index (κ2) is 6.07. The molecular formula is C13H16N2S2. The van der Waals surface area contributed by atoms with Gasteiger partial charge in [0.05, 0.1) is 0 Å². The molecule has 1 heterocycles. The predicted octanol–water partition coefficient (Wildman–Crippen LogP) is 3.27. The van der Waals surface area contributed by atoms with Gasteiger partial charge in [0.1, 0.15) is 4.32 Å². The highest BCUT2D eigenvalue weighted by atomic mass is 32.2. The van der Waals surface area contributed by atoms with Crippen LogP contribution in [0, 0.1) is 0 Å². The van der Waals surface area contributed by atoms with E-state index in [1.165, 1.54) is 10.9 Å². The molecule has 0 aliphatic carbocycles. The van der Waals surface area contributed by atoms with Crippen LogP contribution in [0.4, 0.5) is 0 Å². The normalized spacial score (nSPS) is 10.6. The zero-order valence-electron chi connectivity index (χ0n) is 9.85. The Labute approximate surface area is 111 Å². The molecule has 0 aliphatic rings. The van der Waals surface area contributed by atoms with Crippen molar-refractivity contribution in [1.29, 1.82) is 0 Å². The summed E-state index contributed by atoms with van der Waals surface area (Å²) in [6.07, 6.45) is 5.23. The van der Waals surface area contributed by atoms with Gasteiger partial charge in [-0.3, -0.25) is 0 Å². The van der Waals surface area contributed by atoms with Crippen molar-refractivity contribution in [1.82, 2.24) is 9.88 Å². The molecule has 1 aromatic carbocycles. The van der Waals surface area contributed by atoms with Crippen molar-refractivity contribution in [3.8, 4) is 0 Å². The van der Waals surface area contributed by atoms with Crippen LogP contribution in [0.3, 0.4) is 0 Å². The monoisotopic (exact) mass is 264 g/mol. The average Bonchev–Trinajstić information content (AvgIpc) is 2.78. The highest BCUT2D eigenvalue weighted by Crippen LogP contribution is 2.15. The Morgan fingerprint density at radius 2 is 2.18 bits per heavy atom. The zero-order chi connectivity index (χ0) is 12.1. The van der Waals surface area contributed by atoms with Crippen molar-refractivity contribution >= 4 is 39.2 Å². The first-order valence-electron chi connectivity index (χ1n) is 5.67. The first kappa shape index (κ1) is 12.5. The molecule has 0 atom stereocenters. The van der Waals surface area contributed by atoms with Gasteiger partial charge >= 0.3 is 0 Å². The van der Waals surface area contributed by atoms with E-state index in [0.29, 0.717) is 0 Å². The molecule has 1 N–H and O–H groups in total. The van der Waals surface area contributed by atoms with E-state index in [0.717, 1.165) is 23.8 Å². The van der Waals surface area contributed by atoms with Crippen molar-refractivity contribution in [3.63, 3.8) is 0 Å². The smallest absolute Gasteiger partial charge is 0.133 e. The summed E-state index contributed by atoms with van der Waals surface area (Å²) in [5.74, 6) is 0. The SMILES string of the molecule is CSC(=S)NCCCn1ccc2ccccc21. The molecule has 0 spiro atoms. The minimum atomic E-state index is 0.877. The van der Waals surface area contributed by atoms with Crippen LogP contribution in [0.15, 0.2) is 36.5 Å². The Bertz CT molecular complexity index is 505. The van der Waals surface area contributed by atoms with Gasteiger partial charge in [-0.05, 0) is 30.2 Å². The van der Waals surface area contributed by atoms with Gasteiger partial charge in [0.15, 0.2) is 0 Å². The second-order valence-corrected chi connectivity index (χ2v) is 5.32. The van der Waals surface area contributed by atoms with E-state index in [9.17, 15) is 0 Å². The number of fused-ring (bicyclic) bond motifs is 1. The van der Waals surface area contributed by atoms with E-state index in [2.05, 4.69) is 46.4 Å². The van der Waals surface area contributed by atoms with Gasteiger partial charge in [-0.15, -0.1) is 11.8 Å². The lowest BCUT2D eigenvalue weighted by Crippen LogP contribution is -2.20. The molecule has 1 aromatic heterocycles. The van der Waals surface area contributed by atoms with Gasteiger partial charge in [-0.25, -0.2) is 0 Å². The molecule has 4 heteroatoms. The molecule has 0 fully saturated rings. The Morgan fingerprint density at radius 3 is 3.00 bits per heavy atom. The summed E-state index contributed by atoms with van der Waals surface area (Å²) in [4.78, 5) is 0. The minimum absolute atomic E-state index is 0.877. The maximum absolute atomic E-state index is 5.09. The van der Waals surface area contributed by atoms with Crippen molar-refractivity contribution in [2.75, 3.05) is 12.8 Å². The molecule has 0 radical (unpaired) electrons. The number of rotatable bonds is 4. The Kier molecular flexibility index (Phi) is 4.45. The lowest BCUT2D eigenvalue weighted by atomic mass is 10.2. The maximum atomic E-state index is 5.09. The molecule has 2 rings (SSSR count).